The Morgan fingerprint density at radius 1 is 1.06 bits per heavy atom. The largest absolute Gasteiger partial charge is 0.491 e. The number of nitrogens with zero attached hydrogens (tertiary/aromatic N) is 3. The van der Waals surface area contributed by atoms with E-state index < -0.39 is 6.10 Å². The fourth-order valence-electron chi connectivity index (χ4n) is 3.78. The topological polar surface area (TPSA) is 72.4 Å². The molecule has 1 aliphatic rings. The highest BCUT2D eigenvalue weighted by molar-refractivity contribution is 14.0. The molecule has 32 heavy (non-hydrogen) atoms. The molecule has 8 heteroatoms. The number of ether oxygens (including phenoxy) is 1. The van der Waals surface area contributed by atoms with Crippen LogP contribution in [0.5, 0.6) is 5.75 Å². The summed E-state index contributed by atoms with van der Waals surface area (Å²) in [6, 6.07) is 8.05. The molecular weight excluding hydrogens is 517 g/mol. The molecule has 1 aromatic carbocycles. The molecule has 0 bridgehead atoms. The van der Waals surface area contributed by atoms with Crippen LogP contribution in [-0.2, 0) is 0 Å². The number of aliphatic hydroxyl groups excluding tert-OH is 1. The summed E-state index contributed by atoms with van der Waals surface area (Å²) < 4.78 is 5.68. The molecule has 7 nitrogen and oxygen atoms in total. The second-order valence-corrected chi connectivity index (χ2v) is 9.00. The lowest BCUT2D eigenvalue weighted by Crippen LogP contribution is -2.52. The van der Waals surface area contributed by atoms with Crippen LogP contribution in [-0.4, -0.2) is 85.9 Å². The van der Waals surface area contributed by atoms with Crippen LogP contribution in [0.25, 0.3) is 0 Å². The third-order valence-corrected chi connectivity index (χ3v) is 5.66. The minimum absolute atomic E-state index is 0. The number of nitrogens with one attached hydrogen (secondary N) is 2. The predicted molar refractivity (Wildman–Crippen MR) is 144 cm³/mol. The van der Waals surface area contributed by atoms with Crippen molar-refractivity contribution < 1.29 is 9.84 Å². The Balaban J connectivity index is 0.00000512. The Kier molecular flexibility index (Phi) is 13.5. The number of guanidine groups is 1. The number of piperazine rings is 1. The van der Waals surface area contributed by atoms with E-state index in [-0.39, 0.29) is 30.1 Å². The molecule has 2 unspecified atom stereocenters. The van der Waals surface area contributed by atoms with Crippen molar-refractivity contribution in [3.8, 4) is 5.75 Å². The van der Waals surface area contributed by atoms with Gasteiger partial charge in [-0.05, 0) is 51.4 Å². The van der Waals surface area contributed by atoms with Crippen LogP contribution >= 0.6 is 24.0 Å². The maximum absolute atomic E-state index is 10.6. The fourth-order valence-corrected chi connectivity index (χ4v) is 3.78. The van der Waals surface area contributed by atoms with Crippen molar-refractivity contribution in [1.82, 2.24) is 20.4 Å². The minimum atomic E-state index is -0.615. The highest BCUT2D eigenvalue weighted by atomic mass is 127. The Bertz CT molecular complexity index is 661. The van der Waals surface area contributed by atoms with Gasteiger partial charge in [0.15, 0.2) is 5.96 Å². The average Bonchev–Trinajstić information content (AvgIpc) is 2.73. The van der Waals surface area contributed by atoms with Crippen LogP contribution in [0, 0.1) is 5.92 Å². The summed E-state index contributed by atoms with van der Waals surface area (Å²) in [4.78, 5) is 9.79. The molecule has 1 aliphatic heterocycles. The summed E-state index contributed by atoms with van der Waals surface area (Å²) in [6.07, 6.45) is -0.479. The quantitative estimate of drug-likeness (QED) is 0.232. The van der Waals surface area contributed by atoms with Gasteiger partial charge in [0.25, 0.3) is 0 Å². The van der Waals surface area contributed by atoms with E-state index >= 15 is 0 Å². The molecule has 1 saturated heterocycles. The summed E-state index contributed by atoms with van der Waals surface area (Å²) in [6.45, 7) is 16.9. The standard InChI is InChI=1S/C24H43N5O2.HI/c1-7-25-24(26-16-22(18(2)3)29-14-12-28(6)13-15-29)27-17-23(30)20-8-10-21(11-9-20)31-19(4)5;/h8-11,18-19,22-23,30H,7,12-17H2,1-6H3,(H2,25,26,27);1H. The predicted octanol–water partition coefficient (Wildman–Crippen LogP) is 2.95. The van der Waals surface area contributed by atoms with Crippen molar-refractivity contribution in [2.45, 2.75) is 52.9 Å². The summed E-state index contributed by atoms with van der Waals surface area (Å²) in [5.74, 6) is 2.10. The first-order valence-electron chi connectivity index (χ1n) is 11.7. The van der Waals surface area contributed by atoms with Crippen LogP contribution in [0.15, 0.2) is 29.3 Å². The van der Waals surface area contributed by atoms with Gasteiger partial charge < -0.3 is 25.4 Å². The molecule has 0 saturated carbocycles. The van der Waals surface area contributed by atoms with Crippen molar-refractivity contribution >= 4 is 29.9 Å². The fraction of sp³-hybridized carbons (Fsp3) is 0.708. The van der Waals surface area contributed by atoms with Crippen LogP contribution in [0.4, 0.5) is 0 Å². The zero-order valence-corrected chi connectivity index (χ0v) is 23.0. The highest BCUT2D eigenvalue weighted by Crippen LogP contribution is 2.18. The number of aliphatic hydroxyl groups is 1. The van der Waals surface area contributed by atoms with Crippen LogP contribution in [0.2, 0.25) is 0 Å². The lowest BCUT2D eigenvalue weighted by molar-refractivity contribution is 0.0925. The third kappa shape index (κ3) is 9.80. The molecule has 3 N–H and O–H groups in total. The van der Waals surface area contributed by atoms with Crippen molar-refractivity contribution in [2.75, 3.05) is 52.9 Å². The molecule has 2 rings (SSSR count). The van der Waals surface area contributed by atoms with Gasteiger partial charge in [0.05, 0.1) is 18.8 Å². The van der Waals surface area contributed by atoms with E-state index in [1.54, 1.807) is 0 Å². The maximum Gasteiger partial charge on any atom is 0.191 e. The number of rotatable bonds is 10. The second kappa shape index (κ2) is 14.9. The molecule has 0 amide bonds. The Hall–Kier alpha value is -1.10. The van der Waals surface area contributed by atoms with E-state index in [0.29, 0.717) is 18.5 Å². The van der Waals surface area contributed by atoms with Crippen LogP contribution in [0.3, 0.4) is 0 Å². The van der Waals surface area contributed by atoms with E-state index in [4.69, 9.17) is 9.73 Å². The number of benzene rings is 1. The SMILES string of the molecule is CCNC(=NCC(C(C)C)N1CCN(C)CC1)NCC(O)c1ccc(OC(C)C)cc1.I. The Morgan fingerprint density at radius 2 is 1.69 bits per heavy atom. The average molecular weight is 562 g/mol. The normalized spacial score (nSPS) is 17.7. The number of hydrogen-bond acceptors (Lipinski definition) is 5. The summed E-state index contributed by atoms with van der Waals surface area (Å²) in [7, 11) is 2.18. The zero-order chi connectivity index (χ0) is 22.8. The lowest BCUT2D eigenvalue weighted by Gasteiger charge is -2.39. The van der Waals surface area contributed by atoms with Crippen molar-refractivity contribution in [1.29, 1.82) is 0 Å². The van der Waals surface area contributed by atoms with Crippen LogP contribution in [0.1, 0.15) is 46.3 Å². The van der Waals surface area contributed by atoms with E-state index in [2.05, 4.69) is 48.3 Å². The van der Waals surface area contributed by atoms with Gasteiger partial charge in [-0.15, -0.1) is 24.0 Å². The summed E-state index contributed by atoms with van der Waals surface area (Å²) >= 11 is 0. The first-order chi connectivity index (χ1) is 14.8. The molecular formula is C24H44IN5O2. The molecule has 2 atom stereocenters. The summed E-state index contributed by atoms with van der Waals surface area (Å²) in [5.41, 5.74) is 0.858. The second-order valence-electron chi connectivity index (χ2n) is 9.00. The molecule has 1 aromatic rings. The van der Waals surface area contributed by atoms with Crippen molar-refractivity contribution in [2.24, 2.45) is 10.9 Å². The smallest absolute Gasteiger partial charge is 0.191 e. The van der Waals surface area contributed by atoms with E-state index in [1.807, 2.05) is 38.1 Å². The number of likely N-dealkylation sites (N-methyl/N-ethyl adjacent to an activating group) is 1. The van der Waals surface area contributed by atoms with Gasteiger partial charge in [0, 0.05) is 45.3 Å². The lowest BCUT2D eigenvalue weighted by atomic mass is 10.0. The van der Waals surface area contributed by atoms with Crippen LogP contribution < -0.4 is 15.4 Å². The zero-order valence-electron chi connectivity index (χ0n) is 20.7. The molecule has 1 fully saturated rings. The molecule has 1 heterocycles. The van der Waals surface area contributed by atoms with Gasteiger partial charge in [0.2, 0.25) is 0 Å². The van der Waals surface area contributed by atoms with Crippen molar-refractivity contribution in [3.63, 3.8) is 0 Å². The van der Waals surface area contributed by atoms with Gasteiger partial charge in [0.1, 0.15) is 5.75 Å². The molecule has 0 aromatic heterocycles. The number of hydrogen-bond donors (Lipinski definition) is 3. The van der Waals surface area contributed by atoms with E-state index in [0.717, 1.165) is 56.5 Å². The molecule has 0 radical (unpaired) electrons. The van der Waals surface area contributed by atoms with Gasteiger partial charge >= 0.3 is 0 Å². The van der Waals surface area contributed by atoms with Crippen molar-refractivity contribution in [3.05, 3.63) is 29.8 Å². The van der Waals surface area contributed by atoms with Gasteiger partial charge in [-0.2, -0.15) is 0 Å². The van der Waals surface area contributed by atoms with Gasteiger partial charge in [-0.1, -0.05) is 26.0 Å². The van der Waals surface area contributed by atoms with Gasteiger partial charge in [-0.25, -0.2) is 0 Å². The third-order valence-electron chi connectivity index (χ3n) is 5.66. The number of aliphatic imine (C=N–C) groups is 1. The first-order valence-corrected chi connectivity index (χ1v) is 11.7. The Labute approximate surface area is 212 Å². The first kappa shape index (κ1) is 28.9. The number of halogens is 1. The van der Waals surface area contributed by atoms with E-state index in [9.17, 15) is 5.11 Å². The molecule has 0 spiro atoms. The monoisotopic (exact) mass is 561 g/mol. The minimum Gasteiger partial charge on any atom is -0.491 e. The highest BCUT2D eigenvalue weighted by Gasteiger charge is 2.24. The summed E-state index contributed by atoms with van der Waals surface area (Å²) in [5, 5.41) is 17.2. The Morgan fingerprint density at radius 3 is 2.22 bits per heavy atom. The van der Waals surface area contributed by atoms with Gasteiger partial charge in [-0.3, -0.25) is 9.89 Å². The van der Waals surface area contributed by atoms with E-state index in [1.165, 1.54) is 0 Å². The molecule has 0 aliphatic carbocycles. The molecule has 184 valence electrons. The maximum atomic E-state index is 10.6.